The number of nitrogen functional groups attached to an aromatic ring is 1. The van der Waals surface area contributed by atoms with E-state index in [1.807, 2.05) is 24.3 Å². The molecule has 0 saturated heterocycles. The monoisotopic (exact) mass is 265 g/mol. The number of aromatic nitrogens is 2. The van der Waals surface area contributed by atoms with Gasteiger partial charge in [0.15, 0.2) is 0 Å². The molecule has 2 N–H and O–H groups in total. The van der Waals surface area contributed by atoms with Crippen LogP contribution in [-0.4, -0.2) is 9.97 Å². The summed E-state index contributed by atoms with van der Waals surface area (Å²) in [6, 6.07) is 13.7. The van der Waals surface area contributed by atoms with Crippen LogP contribution in [-0.2, 0) is 0 Å². The number of halogens is 1. The van der Waals surface area contributed by atoms with Crippen molar-refractivity contribution in [3.05, 3.63) is 66.7 Å². The van der Waals surface area contributed by atoms with Gasteiger partial charge in [0.05, 0.1) is 5.69 Å². The Bertz CT molecular complexity index is 742. The second-order valence-electron chi connectivity index (χ2n) is 4.38. The summed E-state index contributed by atoms with van der Waals surface area (Å²) in [4.78, 5) is 8.45. The van der Waals surface area contributed by atoms with Crippen molar-refractivity contribution < 1.29 is 4.39 Å². The molecule has 2 heterocycles. The maximum Gasteiger partial charge on any atom is 0.124 e. The van der Waals surface area contributed by atoms with E-state index in [1.165, 1.54) is 12.1 Å². The van der Waals surface area contributed by atoms with E-state index in [2.05, 4.69) is 9.97 Å². The van der Waals surface area contributed by atoms with Gasteiger partial charge in [0.25, 0.3) is 0 Å². The standard InChI is InChI=1S/C16H12FN3/c17-13-5-1-3-11(9-13)16-14(6-7-15(18)20-16)12-4-2-8-19-10-12/h1-10H,(H2,18,20). The van der Waals surface area contributed by atoms with Gasteiger partial charge >= 0.3 is 0 Å². The summed E-state index contributed by atoms with van der Waals surface area (Å²) in [5.74, 6) is 0.0979. The van der Waals surface area contributed by atoms with E-state index in [4.69, 9.17) is 5.73 Å². The van der Waals surface area contributed by atoms with Crippen LogP contribution in [0.1, 0.15) is 0 Å². The SMILES string of the molecule is Nc1ccc(-c2cccnc2)c(-c2cccc(F)c2)n1. The molecule has 0 saturated carbocycles. The smallest absolute Gasteiger partial charge is 0.124 e. The Morgan fingerprint density at radius 1 is 0.950 bits per heavy atom. The van der Waals surface area contributed by atoms with E-state index in [9.17, 15) is 4.39 Å². The summed E-state index contributed by atoms with van der Waals surface area (Å²) >= 11 is 0. The van der Waals surface area contributed by atoms with Crippen LogP contribution in [0.3, 0.4) is 0 Å². The molecule has 0 aliphatic carbocycles. The van der Waals surface area contributed by atoms with Crippen molar-refractivity contribution in [2.75, 3.05) is 5.73 Å². The summed E-state index contributed by atoms with van der Waals surface area (Å²) < 4.78 is 13.4. The molecule has 2 aromatic heterocycles. The quantitative estimate of drug-likeness (QED) is 0.771. The van der Waals surface area contributed by atoms with Gasteiger partial charge in [-0.05, 0) is 30.3 Å². The number of anilines is 1. The molecule has 0 unspecified atom stereocenters. The molecule has 20 heavy (non-hydrogen) atoms. The summed E-state index contributed by atoms with van der Waals surface area (Å²) in [7, 11) is 0. The molecule has 0 aliphatic rings. The van der Waals surface area contributed by atoms with Gasteiger partial charge in [-0.15, -0.1) is 0 Å². The van der Waals surface area contributed by atoms with Crippen LogP contribution in [0.25, 0.3) is 22.4 Å². The molecule has 0 amide bonds. The molecule has 3 rings (SSSR count). The van der Waals surface area contributed by atoms with Gasteiger partial charge in [-0.2, -0.15) is 0 Å². The number of hydrogen-bond acceptors (Lipinski definition) is 3. The van der Waals surface area contributed by atoms with Gasteiger partial charge in [-0.1, -0.05) is 18.2 Å². The lowest BCUT2D eigenvalue weighted by molar-refractivity contribution is 0.628. The van der Waals surface area contributed by atoms with Gasteiger partial charge in [0, 0.05) is 29.1 Å². The average Bonchev–Trinajstić information content (AvgIpc) is 2.48. The van der Waals surface area contributed by atoms with Gasteiger partial charge in [-0.3, -0.25) is 4.98 Å². The van der Waals surface area contributed by atoms with E-state index >= 15 is 0 Å². The van der Waals surface area contributed by atoms with Crippen LogP contribution >= 0.6 is 0 Å². The molecule has 98 valence electrons. The predicted molar refractivity (Wildman–Crippen MR) is 77.3 cm³/mol. The summed E-state index contributed by atoms with van der Waals surface area (Å²) in [6.45, 7) is 0. The third-order valence-electron chi connectivity index (χ3n) is 2.99. The topological polar surface area (TPSA) is 51.8 Å². The van der Waals surface area contributed by atoms with E-state index in [0.717, 1.165) is 11.1 Å². The van der Waals surface area contributed by atoms with Crippen molar-refractivity contribution in [1.29, 1.82) is 0 Å². The molecule has 0 spiro atoms. The first-order valence-corrected chi connectivity index (χ1v) is 6.17. The van der Waals surface area contributed by atoms with Gasteiger partial charge in [0.2, 0.25) is 0 Å². The maximum absolute atomic E-state index is 13.4. The fourth-order valence-corrected chi connectivity index (χ4v) is 2.09. The molecule has 0 radical (unpaired) electrons. The second-order valence-corrected chi connectivity index (χ2v) is 4.38. The average molecular weight is 265 g/mol. The third kappa shape index (κ3) is 2.36. The Kier molecular flexibility index (Phi) is 3.13. The minimum Gasteiger partial charge on any atom is -0.384 e. The Labute approximate surface area is 115 Å². The Morgan fingerprint density at radius 3 is 2.55 bits per heavy atom. The number of benzene rings is 1. The number of nitrogens with two attached hydrogens (primary N) is 1. The van der Waals surface area contributed by atoms with Crippen molar-refractivity contribution >= 4 is 5.82 Å². The fourth-order valence-electron chi connectivity index (χ4n) is 2.09. The van der Waals surface area contributed by atoms with E-state index in [0.29, 0.717) is 17.1 Å². The van der Waals surface area contributed by atoms with Gasteiger partial charge < -0.3 is 5.73 Å². The van der Waals surface area contributed by atoms with Gasteiger partial charge in [-0.25, -0.2) is 9.37 Å². The highest BCUT2D eigenvalue weighted by Gasteiger charge is 2.10. The number of rotatable bonds is 2. The van der Waals surface area contributed by atoms with Crippen molar-refractivity contribution in [3.63, 3.8) is 0 Å². The molecule has 4 heteroatoms. The Morgan fingerprint density at radius 2 is 1.80 bits per heavy atom. The van der Waals surface area contributed by atoms with E-state index < -0.39 is 0 Å². The molecule has 0 fully saturated rings. The van der Waals surface area contributed by atoms with Crippen molar-refractivity contribution in [2.45, 2.75) is 0 Å². The highest BCUT2D eigenvalue weighted by atomic mass is 19.1. The first-order chi connectivity index (χ1) is 9.74. The summed E-state index contributed by atoms with van der Waals surface area (Å²) in [6.07, 6.45) is 3.45. The van der Waals surface area contributed by atoms with Gasteiger partial charge in [0.1, 0.15) is 11.6 Å². The molecule has 0 aliphatic heterocycles. The Hall–Kier alpha value is -2.75. The lowest BCUT2D eigenvalue weighted by Gasteiger charge is -2.10. The molecule has 0 atom stereocenters. The van der Waals surface area contributed by atoms with Crippen LogP contribution in [0.4, 0.5) is 10.2 Å². The third-order valence-corrected chi connectivity index (χ3v) is 2.99. The highest BCUT2D eigenvalue weighted by molar-refractivity contribution is 5.81. The minimum atomic E-state index is -0.302. The molecular formula is C16H12FN3. The zero-order valence-electron chi connectivity index (χ0n) is 10.6. The number of nitrogens with zero attached hydrogens (tertiary/aromatic N) is 2. The summed E-state index contributed by atoms with van der Waals surface area (Å²) in [5, 5.41) is 0. The predicted octanol–water partition coefficient (Wildman–Crippen LogP) is 3.53. The molecule has 3 aromatic rings. The van der Waals surface area contributed by atoms with Crippen molar-refractivity contribution in [1.82, 2.24) is 9.97 Å². The lowest BCUT2D eigenvalue weighted by Crippen LogP contribution is -1.95. The largest absolute Gasteiger partial charge is 0.384 e. The number of hydrogen-bond donors (Lipinski definition) is 1. The van der Waals surface area contributed by atoms with Crippen molar-refractivity contribution in [3.8, 4) is 22.4 Å². The Balaban J connectivity index is 2.22. The van der Waals surface area contributed by atoms with Crippen LogP contribution in [0, 0.1) is 5.82 Å². The molecule has 1 aromatic carbocycles. The van der Waals surface area contributed by atoms with E-state index in [-0.39, 0.29) is 5.82 Å². The number of pyridine rings is 2. The van der Waals surface area contributed by atoms with Crippen LogP contribution < -0.4 is 5.73 Å². The first-order valence-electron chi connectivity index (χ1n) is 6.17. The molecule has 0 bridgehead atoms. The normalized spacial score (nSPS) is 10.4. The van der Waals surface area contributed by atoms with Crippen LogP contribution in [0.15, 0.2) is 60.9 Å². The van der Waals surface area contributed by atoms with Crippen LogP contribution in [0.5, 0.6) is 0 Å². The lowest BCUT2D eigenvalue weighted by atomic mass is 10.0. The molecular weight excluding hydrogens is 253 g/mol. The maximum atomic E-state index is 13.4. The zero-order chi connectivity index (χ0) is 13.9. The highest BCUT2D eigenvalue weighted by Crippen LogP contribution is 2.31. The fraction of sp³-hybridized carbons (Fsp3) is 0. The van der Waals surface area contributed by atoms with Crippen LogP contribution in [0.2, 0.25) is 0 Å². The first kappa shape index (κ1) is 12.3. The summed E-state index contributed by atoms with van der Waals surface area (Å²) in [5.41, 5.74) is 8.89. The van der Waals surface area contributed by atoms with Crippen molar-refractivity contribution in [2.24, 2.45) is 0 Å². The molecule has 3 nitrogen and oxygen atoms in total. The van der Waals surface area contributed by atoms with E-state index in [1.54, 1.807) is 24.5 Å². The minimum absolute atomic E-state index is 0.302. The second kappa shape index (κ2) is 5.09. The zero-order valence-corrected chi connectivity index (χ0v) is 10.6.